The fourth-order valence-corrected chi connectivity index (χ4v) is 2.56. The summed E-state index contributed by atoms with van der Waals surface area (Å²) in [6.07, 6.45) is 0. The Kier molecular flexibility index (Phi) is 2.70. The van der Waals surface area contributed by atoms with Gasteiger partial charge in [0.15, 0.2) is 5.03 Å². The van der Waals surface area contributed by atoms with Crippen molar-refractivity contribution >= 4 is 35.7 Å². The minimum absolute atomic E-state index is 0.138. The van der Waals surface area contributed by atoms with Crippen LogP contribution in [0.25, 0.3) is 0 Å². The van der Waals surface area contributed by atoms with Crippen LogP contribution in [-0.4, -0.2) is 13.4 Å². The Labute approximate surface area is 81.1 Å². The first-order chi connectivity index (χ1) is 5.41. The van der Waals surface area contributed by atoms with Gasteiger partial charge in [0.1, 0.15) is 0 Å². The molecule has 66 valence electrons. The summed E-state index contributed by atoms with van der Waals surface area (Å²) in [4.78, 5) is 3.11. The number of hydrogen-bond donors (Lipinski definition) is 0. The monoisotopic (exact) mass is 273 g/mol. The zero-order chi connectivity index (χ0) is 9.35. The number of hydrogen-bond acceptors (Lipinski definition) is 3. The smallest absolute Gasteiger partial charge is 0.205 e. The van der Waals surface area contributed by atoms with Gasteiger partial charge in [-0.05, 0) is 28.1 Å². The van der Waals surface area contributed by atoms with Gasteiger partial charge in [-0.25, -0.2) is 13.4 Å². The van der Waals surface area contributed by atoms with Crippen molar-refractivity contribution in [1.29, 1.82) is 0 Å². The van der Waals surface area contributed by atoms with Gasteiger partial charge >= 0.3 is 0 Å². The van der Waals surface area contributed by atoms with Crippen LogP contribution in [0.2, 0.25) is 0 Å². The molecule has 0 aliphatic rings. The molecule has 0 aromatic carbocycles. The van der Waals surface area contributed by atoms with Gasteiger partial charge in [0.05, 0.1) is 4.47 Å². The highest BCUT2D eigenvalue weighted by Crippen LogP contribution is 2.22. The molecule has 0 unspecified atom stereocenters. The van der Waals surface area contributed by atoms with Crippen molar-refractivity contribution in [3.8, 4) is 0 Å². The molecule has 1 aromatic rings. The summed E-state index contributed by atoms with van der Waals surface area (Å²) in [6.45, 7) is 0. The summed E-state index contributed by atoms with van der Waals surface area (Å²) in [5, 5.41) is -0.510. The van der Waals surface area contributed by atoms with Crippen molar-refractivity contribution in [2.75, 3.05) is 0 Å². The largest absolute Gasteiger partial charge is 0.279 e. The van der Waals surface area contributed by atoms with Gasteiger partial charge in [-0.2, -0.15) is 4.39 Å². The highest BCUT2D eigenvalue weighted by molar-refractivity contribution is 9.10. The summed E-state index contributed by atoms with van der Waals surface area (Å²) in [5.74, 6) is -0.891. The lowest BCUT2D eigenvalue weighted by molar-refractivity contribution is 0.560. The first-order valence-electron chi connectivity index (χ1n) is 2.68. The molecule has 0 fully saturated rings. The maximum Gasteiger partial charge on any atom is 0.279 e. The molecule has 0 amide bonds. The van der Waals surface area contributed by atoms with Crippen LogP contribution in [0.15, 0.2) is 21.6 Å². The lowest BCUT2D eigenvalue weighted by Gasteiger charge is -1.97. The van der Waals surface area contributed by atoms with Crippen LogP contribution in [0.4, 0.5) is 4.39 Å². The average Bonchev–Trinajstić information content (AvgIpc) is 1.92. The Morgan fingerprint density at radius 3 is 2.50 bits per heavy atom. The van der Waals surface area contributed by atoms with Gasteiger partial charge in [0, 0.05) is 10.7 Å². The van der Waals surface area contributed by atoms with E-state index in [9.17, 15) is 12.8 Å². The fraction of sp³-hybridized carbons (Fsp3) is 0. The predicted molar refractivity (Wildman–Crippen MR) is 44.9 cm³/mol. The lowest BCUT2D eigenvalue weighted by Crippen LogP contribution is -1.98. The first-order valence-corrected chi connectivity index (χ1v) is 5.78. The zero-order valence-corrected chi connectivity index (χ0v) is 8.62. The van der Waals surface area contributed by atoms with Gasteiger partial charge in [-0.15, -0.1) is 0 Å². The number of aromatic nitrogens is 1. The lowest BCUT2D eigenvalue weighted by atomic mass is 10.5. The molecule has 0 saturated carbocycles. The molecule has 0 radical (unpaired) electrons. The second kappa shape index (κ2) is 3.27. The molecule has 0 aliphatic heterocycles. The van der Waals surface area contributed by atoms with E-state index in [1.165, 1.54) is 6.07 Å². The highest BCUT2D eigenvalue weighted by Gasteiger charge is 2.16. The topological polar surface area (TPSA) is 47.0 Å². The van der Waals surface area contributed by atoms with E-state index in [0.29, 0.717) is 0 Å². The number of rotatable bonds is 1. The highest BCUT2D eigenvalue weighted by atomic mass is 79.9. The van der Waals surface area contributed by atoms with Crippen LogP contribution < -0.4 is 0 Å². The summed E-state index contributed by atoms with van der Waals surface area (Å²) in [7, 11) is 0.967. The number of pyridine rings is 1. The predicted octanol–water partition coefficient (Wildman–Crippen LogP) is 1.91. The second-order valence-electron chi connectivity index (χ2n) is 1.86. The molecule has 0 saturated heterocycles. The molecule has 1 aromatic heterocycles. The third kappa shape index (κ3) is 2.15. The normalized spacial score (nSPS) is 11.6. The summed E-state index contributed by atoms with van der Waals surface area (Å²) in [6, 6.07) is 2.24. The molecular formula is C5H2BrClFNO2S. The molecule has 0 N–H and O–H groups in total. The first kappa shape index (κ1) is 9.88. The zero-order valence-electron chi connectivity index (χ0n) is 5.46. The van der Waals surface area contributed by atoms with Crippen LogP contribution in [0.3, 0.4) is 0 Å². The average molecular weight is 274 g/mol. The standard InChI is InChI=1S/C5H2BrClFNO2S/c6-3-1-2-4(8)9-5(3)12(7,10)11/h1-2H. The molecule has 1 heterocycles. The van der Waals surface area contributed by atoms with Crippen LogP contribution in [0.1, 0.15) is 0 Å². The molecule has 0 atom stereocenters. The van der Waals surface area contributed by atoms with E-state index in [0.717, 1.165) is 6.07 Å². The van der Waals surface area contributed by atoms with Crippen molar-refractivity contribution in [1.82, 2.24) is 4.98 Å². The van der Waals surface area contributed by atoms with E-state index in [1.54, 1.807) is 0 Å². The Morgan fingerprint density at radius 1 is 1.50 bits per heavy atom. The maximum absolute atomic E-state index is 12.4. The van der Waals surface area contributed by atoms with Crippen LogP contribution >= 0.6 is 26.6 Å². The number of nitrogens with zero attached hydrogens (tertiary/aromatic N) is 1. The summed E-state index contributed by atoms with van der Waals surface area (Å²) in [5.41, 5.74) is 0. The van der Waals surface area contributed by atoms with Gasteiger partial charge in [-0.1, -0.05) is 0 Å². The van der Waals surface area contributed by atoms with Gasteiger partial charge in [-0.3, -0.25) is 0 Å². The van der Waals surface area contributed by atoms with Crippen LogP contribution in [-0.2, 0) is 9.05 Å². The Morgan fingerprint density at radius 2 is 2.08 bits per heavy atom. The second-order valence-corrected chi connectivity index (χ2v) is 5.19. The van der Waals surface area contributed by atoms with E-state index in [4.69, 9.17) is 10.7 Å². The van der Waals surface area contributed by atoms with E-state index < -0.39 is 20.0 Å². The van der Waals surface area contributed by atoms with Gasteiger partial charge < -0.3 is 0 Å². The summed E-state index contributed by atoms with van der Waals surface area (Å²) >= 11 is 2.87. The van der Waals surface area contributed by atoms with Crippen molar-refractivity contribution < 1.29 is 12.8 Å². The molecule has 7 heteroatoms. The Balaban J connectivity index is 3.43. The third-order valence-corrected chi connectivity index (χ3v) is 3.12. The van der Waals surface area contributed by atoms with Crippen molar-refractivity contribution in [3.05, 3.63) is 22.6 Å². The van der Waals surface area contributed by atoms with Crippen molar-refractivity contribution in [2.45, 2.75) is 5.03 Å². The van der Waals surface area contributed by atoms with Crippen molar-refractivity contribution in [2.24, 2.45) is 0 Å². The Bertz CT molecular complexity index is 408. The third-order valence-electron chi connectivity index (χ3n) is 1.01. The molecule has 0 bridgehead atoms. The fourth-order valence-electron chi connectivity index (χ4n) is 0.572. The van der Waals surface area contributed by atoms with E-state index in [-0.39, 0.29) is 4.47 Å². The van der Waals surface area contributed by atoms with E-state index in [1.807, 2.05) is 0 Å². The summed E-state index contributed by atoms with van der Waals surface area (Å²) < 4.78 is 34.0. The van der Waals surface area contributed by atoms with Crippen LogP contribution in [0, 0.1) is 5.95 Å². The minimum Gasteiger partial charge on any atom is -0.205 e. The van der Waals surface area contributed by atoms with Crippen LogP contribution in [0.5, 0.6) is 0 Å². The van der Waals surface area contributed by atoms with Gasteiger partial charge in [0.2, 0.25) is 5.95 Å². The molecule has 12 heavy (non-hydrogen) atoms. The molecule has 0 aliphatic carbocycles. The van der Waals surface area contributed by atoms with E-state index in [2.05, 4.69) is 20.9 Å². The Hall–Kier alpha value is -0.200. The molecule has 0 spiro atoms. The molecular weight excluding hydrogens is 272 g/mol. The maximum atomic E-state index is 12.4. The quantitative estimate of drug-likeness (QED) is 0.580. The van der Waals surface area contributed by atoms with E-state index >= 15 is 0 Å². The molecule has 3 nitrogen and oxygen atoms in total. The van der Waals surface area contributed by atoms with Gasteiger partial charge in [0.25, 0.3) is 9.05 Å². The molecule has 1 rings (SSSR count). The SMILES string of the molecule is O=S(=O)(Cl)c1nc(F)ccc1Br. The van der Waals surface area contributed by atoms with Crippen molar-refractivity contribution in [3.63, 3.8) is 0 Å². The minimum atomic E-state index is -3.98. The number of halogens is 3.